The van der Waals surface area contributed by atoms with Gasteiger partial charge in [-0.3, -0.25) is 4.79 Å². The van der Waals surface area contributed by atoms with Crippen molar-refractivity contribution in [1.82, 2.24) is 0 Å². The Labute approximate surface area is 189 Å². The first kappa shape index (κ1) is 24.2. The standard InChI is InChI=1S/C24H37NO5S/c1-5-7-16(6-2)22(26)25(18-13-29-15-30-14-18)19-12-20(31-21(19)23(27)28)17-8-10-24(3,4)11-9-17/h12,16-18H,5-11,13-15H2,1-4H3,(H,27,28). The number of hydrogen-bond acceptors (Lipinski definition) is 5. The van der Waals surface area contributed by atoms with Crippen LogP contribution in [0.4, 0.5) is 5.69 Å². The number of nitrogens with zero attached hydrogens (tertiary/aromatic N) is 1. The van der Waals surface area contributed by atoms with Gasteiger partial charge < -0.3 is 19.5 Å². The van der Waals surface area contributed by atoms with Crippen molar-refractivity contribution in [2.24, 2.45) is 11.3 Å². The summed E-state index contributed by atoms with van der Waals surface area (Å²) >= 11 is 1.34. The molecule has 1 aliphatic carbocycles. The van der Waals surface area contributed by atoms with E-state index in [2.05, 4.69) is 20.8 Å². The summed E-state index contributed by atoms with van der Waals surface area (Å²) in [6.07, 6.45) is 6.82. The summed E-state index contributed by atoms with van der Waals surface area (Å²) in [5.74, 6) is -0.757. The summed E-state index contributed by atoms with van der Waals surface area (Å²) in [5.41, 5.74) is 0.871. The van der Waals surface area contributed by atoms with Gasteiger partial charge in [-0.2, -0.15) is 0 Å². The minimum atomic E-state index is -0.971. The van der Waals surface area contributed by atoms with Crippen LogP contribution in [0.15, 0.2) is 6.07 Å². The van der Waals surface area contributed by atoms with Crippen LogP contribution in [0.3, 0.4) is 0 Å². The highest BCUT2D eigenvalue weighted by atomic mass is 32.1. The van der Waals surface area contributed by atoms with Crippen LogP contribution >= 0.6 is 11.3 Å². The maximum Gasteiger partial charge on any atom is 0.348 e. The molecular formula is C24H37NO5S. The third kappa shape index (κ3) is 5.68. The monoisotopic (exact) mass is 451 g/mol. The first-order chi connectivity index (χ1) is 14.8. The number of thiophene rings is 1. The van der Waals surface area contributed by atoms with Gasteiger partial charge in [-0.15, -0.1) is 11.3 Å². The topological polar surface area (TPSA) is 76.1 Å². The lowest BCUT2D eigenvalue weighted by molar-refractivity contribution is -0.130. The molecule has 1 aliphatic heterocycles. The van der Waals surface area contributed by atoms with Gasteiger partial charge in [0.15, 0.2) is 0 Å². The molecule has 1 unspecified atom stereocenters. The van der Waals surface area contributed by atoms with Gasteiger partial charge in [0.1, 0.15) is 11.7 Å². The fourth-order valence-corrected chi connectivity index (χ4v) is 5.94. The van der Waals surface area contributed by atoms with E-state index in [1.54, 1.807) is 4.90 Å². The van der Waals surface area contributed by atoms with Crippen molar-refractivity contribution >= 4 is 28.9 Å². The number of carbonyl (C=O) groups is 2. The SMILES string of the molecule is CCCC(CC)C(=O)N(c1cc(C2CCC(C)(C)CC2)sc1C(=O)O)C1COCOC1. The smallest absolute Gasteiger partial charge is 0.348 e. The Kier molecular flexibility index (Phi) is 8.16. The van der Waals surface area contributed by atoms with E-state index in [-0.39, 0.29) is 29.5 Å². The molecule has 1 N–H and O–H groups in total. The van der Waals surface area contributed by atoms with Crippen LogP contribution in [0.1, 0.15) is 93.1 Å². The number of amides is 1. The zero-order valence-corrected chi connectivity index (χ0v) is 20.1. The van der Waals surface area contributed by atoms with E-state index in [1.807, 2.05) is 13.0 Å². The van der Waals surface area contributed by atoms with E-state index in [1.165, 1.54) is 11.3 Å². The maximum absolute atomic E-state index is 13.6. The third-order valence-electron chi connectivity index (χ3n) is 6.80. The van der Waals surface area contributed by atoms with Gasteiger partial charge in [0.05, 0.1) is 24.9 Å². The number of aromatic carboxylic acids is 1. The molecule has 2 heterocycles. The van der Waals surface area contributed by atoms with Gasteiger partial charge in [0.2, 0.25) is 5.91 Å². The molecule has 0 radical (unpaired) electrons. The van der Waals surface area contributed by atoms with Crippen LogP contribution in [-0.4, -0.2) is 43.0 Å². The molecule has 1 aromatic heterocycles. The Morgan fingerprint density at radius 1 is 1.23 bits per heavy atom. The van der Waals surface area contributed by atoms with E-state index >= 15 is 0 Å². The molecule has 2 aliphatic rings. The van der Waals surface area contributed by atoms with Crippen molar-refractivity contribution in [2.45, 2.75) is 84.6 Å². The highest BCUT2D eigenvalue weighted by Crippen LogP contribution is 2.46. The van der Waals surface area contributed by atoms with E-state index in [0.717, 1.165) is 49.8 Å². The Hall–Kier alpha value is -1.44. The van der Waals surface area contributed by atoms with Crippen LogP contribution in [0, 0.1) is 11.3 Å². The van der Waals surface area contributed by atoms with Crippen LogP contribution < -0.4 is 4.90 Å². The maximum atomic E-state index is 13.6. The highest BCUT2D eigenvalue weighted by molar-refractivity contribution is 7.14. The molecule has 2 fully saturated rings. The van der Waals surface area contributed by atoms with Crippen molar-refractivity contribution in [3.63, 3.8) is 0 Å². The molecule has 174 valence electrons. The molecule has 0 bridgehead atoms. The molecule has 1 saturated carbocycles. The number of ether oxygens (including phenoxy) is 2. The van der Waals surface area contributed by atoms with Crippen molar-refractivity contribution in [3.8, 4) is 0 Å². The zero-order chi connectivity index (χ0) is 22.6. The molecule has 1 aromatic rings. The lowest BCUT2D eigenvalue weighted by atomic mass is 9.73. The average Bonchev–Trinajstić information content (AvgIpc) is 3.18. The minimum absolute atomic E-state index is 0.0138. The molecule has 1 saturated heterocycles. The first-order valence-corrected chi connectivity index (χ1v) is 12.4. The lowest BCUT2D eigenvalue weighted by Crippen LogP contribution is -2.50. The van der Waals surface area contributed by atoms with E-state index < -0.39 is 5.97 Å². The van der Waals surface area contributed by atoms with Crippen molar-refractivity contribution < 1.29 is 24.2 Å². The van der Waals surface area contributed by atoms with Gasteiger partial charge in [-0.05, 0) is 55.9 Å². The average molecular weight is 452 g/mol. The van der Waals surface area contributed by atoms with E-state index in [0.29, 0.717) is 30.2 Å². The molecule has 1 atom stereocenters. The van der Waals surface area contributed by atoms with Crippen molar-refractivity contribution in [1.29, 1.82) is 0 Å². The van der Waals surface area contributed by atoms with Gasteiger partial charge in [0, 0.05) is 10.8 Å². The van der Waals surface area contributed by atoms with E-state index in [4.69, 9.17) is 9.47 Å². The second kappa shape index (κ2) is 10.5. The first-order valence-electron chi connectivity index (χ1n) is 11.6. The third-order valence-corrected chi connectivity index (χ3v) is 8.07. The largest absolute Gasteiger partial charge is 0.477 e. The van der Waals surface area contributed by atoms with Crippen LogP contribution in [0.5, 0.6) is 0 Å². The fourth-order valence-electron chi connectivity index (χ4n) is 4.78. The van der Waals surface area contributed by atoms with Gasteiger partial charge in [-0.1, -0.05) is 34.1 Å². The molecule has 6 nitrogen and oxygen atoms in total. The molecule has 0 spiro atoms. The number of carboxylic acid groups (broad SMARTS) is 1. The van der Waals surface area contributed by atoms with Gasteiger partial charge in [-0.25, -0.2) is 4.79 Å². The molecule has 7 heteroatoms. The number of anilines is 1. The van der Waals surface area contributed by atoms with Crippen LogP contribution in [0.25, 0.3) is 0 Å². The summed E-state index contributed by atoms with van der Waals surface area (Å²) < 4.78 is 11.0. The highest BCUT2D eigenvalue weighted by Gasteiger charge is 2.37. The Balaban J connectivity index is 1.97. The number of carboxylic acids is 1. The van der Waals surface area contributed by atoms with Crippen molar-refractivity contribution in [3.05, 3.63) is 15.8 Å². The Bertz CT molecular complexity index is 758. The predicted molar refractivity (Wildman–Crippen MR) is 123 cm³/mol. The van der Waals surface area contributed by atoms with Crippen LogP contribution in [0.2, 0.25) is 0 Å². The normalized spacial score (nSPS) is 21.0. The summed E-state index contributed by atoms with van der Waals surface area (Å²) in [5, 5.41) is 10.00. The summed E-state index contributed by atoms with van der Waals surface area (Å²) in [6.45, 7) is 9.62. The quantitative estimate of drug-likeness (QED) is 0.552. The summed E-state index contributed by atoms with van der Waals surface area (Å²) in [4.78, 5) is 28.9. The molecular weight excluding hydrogens is 414 g/mol. The lowest BCUT2D eigenvalue weighted by Gasteiger charge is -2.36. The summed E-state index contributed by atoms with van der Waals surface area (Å²) in [7, 11) is 0. The Morgan fingerprint density at radius 3 is 2.42 bits per heavy atom. The van der Waals surface area contributed by atoms with Crippen LogP contribution in [-0.2, 0) is 14.3 Å². The molecule has 1 amide bonds. The second-order valence-electron chi connectivity index (χ2n) is 9.72. The van der Waals surface area contributed by atoms with Gasteiger partial charge in [0.25, 0.3) is 0 Å². The minimum Gasteiger partial charge on any atom is -0.477 e. The summed E-state index contributed by atoms with van der Waals surface area (Å²) in [6, 6.07) is 1.67. The fraction of sp³-hybridized carbons (Fsp3) is 0.750. The Morgan fingerprint density at radius 2 is 1.87 bits per heavy atom. The molecule has 31 heavy (non-hydrogen) atoms. The zero-order valence-electron chi connectivity index (χ0n) is 19.3. The van der Waals surface area contributed by atoms with E-state index in [9.17, 15) is 14.7 Å². The number of hydrogen-bond donors (Lipinski definition) is 1. The number of carbonyl (C=O) groups excluding carboxylic acids is 1. The molecule has 3 rings (SSSR count). The molecule has 0 aromatic carbocycles. The predicted octanol–water partition coefficient (Wildman–Crippen LogP) is 5.66. The number of rotatable bonds is 8. The second-order valence-corrected chi connectivity index (χ2v) is 10.8. The van der Waals surface area contributed by atoms with Gasteiger partial charge >= 0.3 is 5.97 Å². The van der Waals surface area contributed by atoms with Crippen molar-refractivity contribution in [2.75, 3.05) is 24.9 Å².